The van der Waals surface area contributed by atoms with Crippen molar-refractivity contribution in [2.45, 2.75) is 32.9 Å². The molecule has 0 aliphatic rings. The second-order valence-corrected chi connectivity index (χ2v) is 3.67. The lowest BCUT2D eigenvalue weighted by molar-refractivity contribution is 0.107. The van der Waals surface area contributed by atoms with E-state index >= 15 is 0 Å². The molecule has 1 aromatic rings. The molecule has 1 aromatic carbocycles. The fourth-order valence-corrected chi connectivity index (χ4v) is 1.13. The molecule has 1 rings (SSSR count). The first-order chi connectivity index (χ1) is 6.72. The molecule has 0 spiro atoms. The highest BCUT2D eigenvalue weighted by molar-refractivity contribution is 5.20. The van der Waals surface area contributed by atoms with Gasteiger partial charge in [-0.2, -0.15) is 0 Å². The lowest BCUT2D eigenvalue weighted by atomic mass is 10.2. The third kappa shape index (κ3) is 3.90. The molecule has 14 heavy (non-hydrogen) atoms. The van der Waals surface area contributed by atoms with Crippen LogP contribution in [0.3, 0.4) is 0 Å². The maximum atomic E-state index is 5.74. The smallest absolute Gasteiger partial charge is 0.0717 e. The van der Waals surface area contributed by atoms with E-state index in [1.165, 1.54) is 11.1 Å². The summed E-state index contributed by atoms with van der Waals surface area (Å²) in [6, 6.07) is 8.54. The van der Waals surface area contributed by atoms with Crippen molar-refractivity contribution in [3.63, 3.8) is 0 Å². The standard InChI is InChI=1S/C12H19NO/c1-3-12(13)9-14-8-11-6-4-10(2)5-7-11/h4-7,12H,3,8-9,13H2,1-2H3/t12-/m1/s1. The van der Waals surface area contributed by atoms with Crippen LogP contribution in [0.2, 0.25) is 0 Å². The molecular formula is C12H19NO. The van der Waals surface area contributed by atoms with Crippen LogP contribution in [0.1, 0.15) is 24.5 Å². The third-order valence-electron chi connectivity index (χ3n) is 2.25. The third-order valence-corrected chi connectivity index (χ3v) is 2.25. The van der Waals surface area contributed by atoms with Gasteiger partial charge >= 0.3 is 0 Å². The number of hydrogen-bond acceptors (Lipinski definition) is 2. The predicted octanol–water partition coefficient (Wildman–Crippen LogP) is 2.25. The maximum Gasteiger partial charge on any atom is 0.0717 e. The summed E-state index contributed by atoms with van der Waals surface area (Å²) < 4.78 is 5.49. The van der Waals surface area contributed by atoms with E-state index in [4.69, 9.17) is 10.5 Å². The van der Waals surface area contributed by atoms with Crippen molar-refractivity contribution in [1.29, 1.82) is 0 Å². The first kappa shape index (κ1) is 11.2. The van der Waals surface area contributed by atoms with Gasteiger partial charge in [-0.05, 0) is 18.9 Å². The molecule has 2 N–H and O–H groups in total. The molecular weight excluding hydrogens is 174 g/mol. The Bertz CT molecular complexity index is 256. The van der Waals surface area contributed by atoms with Crippen LogP contribution in [0, 0.1) is 6.92 Å². The Balaban J connectivity index is 2.28. The quantitative estimate of drug-likeness (QED) is 0.778. The van der Waals surface area contributed by atoms with Crippen molar-refractivity contribution < 1.29 is 4.74 Å². The van der Waals surface area contributed by atoms with E-state index in [0.717, 1.165) is 6.42 Å². The summed E-state index contributed by atoms with van der Waals surface area (Å²) in [5.41, 5.74) is 8.22. The molecule has 0 amide bonds. The van der Waals surface area contributed by atoms with Gasteiger partial charge in [-0.3, -0.25) is 0 Å². The molecule has 0 bridgehead atoms. The summed E-state index contributed by atoms with van der Waals surface area (Å²) in [5, 5.41) is 0. The lowest BCUT2D eigenvalue weighted by Crippen LogP contribution is -2.24. The van der Waals surface area contributed by atoms with Crippen molar-refractivity contribution in [2.75, 3.05) is 6.61 Å². The SMILES string of the molecule is CC[C@@H](N)COCc1ccc(C)cc1. The van der Waals surface area contributed by atoms with Crippen LogP contribution in [0.5, 0.6) is 0 Å². The van der Waals surface area contributed by atoms with E-state index in [2.05, 4.69) is 38.1 Å². The average molecular weight is 193 g/mol. The van der Waals surface area contributed by atoms with Crippen molar-refractivity contribution in [3.8, 4) is 0 Å². The largest absolute Gasteiger partial charge is 0.375 e. The zero-order valence-corrected chi connectivity index (χ0v) is 8.99. The summed E-state index contributed by atoms with van der Waals surface area (Å²) in [6.45, 7) is 5.45. The molecule has 0 aliphatic carbocycles. The van der Waals surface area contributed by atoms with Gasteiger partial charge in [-0.25, -0.2) is 0 Å². The minimum absolute atomic E-state index is 0.167. The molecule has 0 heterocycles. The van der Waals surface area contributed by atoms with Gasteiger partial charge in [0.05, 0.1) is 13.2 Å². The highest BCUT2D eigenvalue weighted by Gasteiger charge is 1.98. The molecule has 78 valence electrons. The van der Waals surface area contributed by atoms with E-state index < -0.39 is 0 Å². The molecule has 2 heteroatoms. The Kier molecular flexibility index (Phi) is 4.63. The maximum absolute atomic E-state index is 5.74. The Morgan fingerprint density at radius 2 is 1.93 bits per heavy atom. The average Bonchev–Trinajstić information content (AvgIpc) is 2.21. The van der Waals surface area contributed by atoms with E-state index in [1.54, 1.807) is 0 Å². The van der Waals surface area contributed by atoms with E-state index in [1.807, 2.05) is 0 Å². The summed E-state index contributed by atoms with van der Waals surface area (Å²) in [6.07, 6.45) is 0.966. The highest BCUT2D eigenvalue weighted by Crippen LogP contribution is 2.04. The van der Waals surface area contributed by atoms with Gasteiger partial charge in [-0.15, -0.1) is 0 Å². The van der Waals surface area contributed by atoms with Gasteiger partial charge in [-0.1, -0.05) is 36.8 Å². The molecule has 0 fully saturated rings. The molecule has 0 aliphatic heterocycles. The van der Waals surface area contributed by atoms with Crippen LogP contribution in [0.25, 0.3) is 0 Å². The van der Waals surface area contributed by atoms with E-state index in [0.29, 0.717) is 13.2 Å². The van der Waals surface area contributed by atoms with Crippen LogP contribution in [-0.4, -0.2) is 12.6 Å². The van der Waals surface area contributed by atoms with E-state index in [-0.39, 0.29) is 6.04 Å². The van der Waals surface area contributed by atoms with Crippen LogP contribution >= 0.6 is 0 Å². The second-order valence-electron chi connectivity index (χ2n) is 3.67. The number of aryl methyl sites for hydroxylation is 1. The summed E-state index contributed by atoms with van der Waals surface area (Å²) in [5.74, 6) is 0. The van der Waals surface area contributed by atoms with Gasteiger partial charge in [0, 0.05) is 6.04 Å². The Hall–Kier alpha value is -0.860. The van der Waals surface area contributed by atoms with Crippen molar-refractivity contribution in [3.05, 3.63) is 35.4 Å². The zero-order chi connectivity index (χ0) is 10.4. The summed E-state index contributed by atoms with van der Waals surface area (Å²) in [7, 11) is 0. The van der Waals surface area contributed by atoms with E-state index in [9.17, 15) is 0 Å². The first-order valence-corrected chi connectivity index (χ1v) is 5.11. The van der Waals surface area contributed by atoms with Gasteiger partial charge in [0.15, 0.2) is 0 Å². The number of hydrogen-bond donors (Lipinski definition) is 1. The van der Waals surface area contributed by atoms with Gasteiger partial charge < -0.3 is 10.5 Å². The number of benzene rings is 1. The Morgan fingerprint density at radius 3 is 2.50 bits per heavy atom. The molecule has 0 saturated carbocycles. The fraction of sp³-hybridized carbons (Fsp3) is 0.500. The van der Waals surface area contributed by atoms with Crippen LogP contribution in [0.15, 0.2) is 24.3 Å². The molecule has 0 unspecified atom stereocenters. The normalized spacial score (nSPS) is 12.8. The zero-order valence-electron chi connectivity index (χ0n) is 8.99. The molecule has 1 atom stereocenters. The van der Waals surface area contributed by atoms with Crippen molar-refractivity contribution in [1.82, 2.24) is 0 Å². The van der Waals surface area contributed by atoms with Crippen LogP contribution in [0.4, 0.5) is 0 Å². The topological polar surface area (TPSA) is 35.2 Å². The fourth-order valence-electron chi connectivity index (χ4n) is 1.13. The van der Waals surface area contributed by atoms with Crippen molar-refractivity contribution in [2.24, 2.45) is 5.73 Å². The minimum atomic E-state index is 0.167. The molecule has 0 aromatic heterocycles. The Labute approximate surface area is 86.1 Å². The minimum Gasteiger partial charge on any atom is -0.375 e. The van der Waals surface area contributed by atoms with Crippen LogP contribution < -0.4 is 5.73 Å². The molecule has 0 saturated heterocycles. The summed E-state index contributed by atoms with van der Waals surface area (Å²) in [4.78, 5) is 0. The molecule has 0 radical (unpaired) electrons. The van der Waals surface area contributed by atoms with Crippen LogP contribution in [-0.2, 0) is 11.3 Å². The molecule has 2 nitrogen and oxygen atoms in total. The van der Waals surface area contributed by atoms with Crippen molar-refractivity contribution >= 4 is 0 Å². The predicted molar refractivity (Wildman–Crippen MR) is 59.1 cm³/mol. The first-order valence-electron chi connectivity index (χ1n) is 5.11. The number of nitrogens with two attached hydrogens (primary N) is 1. The summed E-state index contributed by atoms with van der Waals surface area (Å²) >= 11 is 0. The Morgan fingerprint density at radius 1 is 1.29 bits per heavy atom. The van der Waals surface area contributed by atoms with Gasteiger partial charge in [0.25, 0.3) is 0 Å². The monoisotopic (exact) mass is 193 g/mol. The number of ether oxygens (including phenoxy) is 1. The number of rotatable bonds is 5. The van der Waals surface area contributed by atoms with Gasteiger partial charge in [0.2, 0.25) is 0 Å². The second kappa shape index (κ2) is 5.78. The highest BCUT2D eigenvalue weighted by atomic mass is 16.5. The van der Waals surface area contributed by atoms with Gasteiger partial charge in [0.1, 0.15) is 0 Å². The lowest BCUT2D eigenvalue weighted by Gasteiger charge is -2.09.